The summed E-state index contributed by atoms with van der Waals surface area (Å²) >= 11 is 5.95. The highest BCUT2D eigenvalue weighted by Crippen LogP contribution is 2.23. The summed E-state index contributed by atoms with van der Waals surface area (Å²) in [6, 6.07) is 0. The number of halogens is 1. The minimum absolute atomic E-state index is 0.440. The molecule has 0 bridgehead atoms. The number of fused-ring (bicyclic) bond motifs is 1. The van der Waals surface area contributed by atoms with Crippen LogP contribution in [0.25, 0.3) is 0 Å². The van der Waals surface area contributed by atoms with Gasteiger partial charge in [0.2, 0.25) is 0 Å². The van der Waals surface area contributed by atoms with Crippen LogP contribution in [0, 0.1) is 0 Å². The molecule has 0 fully saturated rings. The van der Waals surface area contributed by atoms with Crippen molar-refractivity contribution in [3.05, 3.63) is 10.7 Å². The predicted molar refractivity (Wildman–Crippen MR) is 48.0 cm³/mol. The van der Waals surface area contributed by atoms with Crippen molar-refractivity contribution in [2.75, 3.05) is 12.3 Å². The van der Waals surface area contributed by atoms with E-state index < -0.39 is 0 Å². The van der Waals surface area contributed by atoms with Crippen LogP contribution in [0.5, 0.6) is 0 Å². The lowest BCUT2D eigenvalue weighted by Gasteiger charge is -1.99. The zero-order valence-corrected chi connectivity index (χ0v) is 7.43. The molecule has 12 heavy (non-hydrogen) atoms. The van der Waals surface area contributed by atoms with Crippen LogP contribution < -0.4 is 11.1 Å². The fourth-order valence-electron chi connectivity index (χ4n) is 1.41. The smallest absolute Gasteiger partial charge is 0.164 e. The molecule has 0 unspecified atom stereocenters. The normalized spacial score (nSPS) is 17.1. The van der Waals surface area contributed by atoms with Crippen LogP contribution in [0.4, 0.5) is 5.82 Å². The summed E-state index contributed by atoms with van der Waals surface area (Å²) in [6.07, 6.45) is 1.07. The zero-order chi connectivity index (χ0) is 8.55. The molecule has 0 aromatic carbocycles. The molecule has 0 saturated carbocycles. The van der Waals surface area contributed by atoms with Crippen molar-refractivity contribution in [2.24, 2.45) is 0 Å². The number of nitrogens with zero attached hydrogens (tertiary/aromatic N) is 2. The van der Waals surface area contributed by atoms with E-state index >= 15 is 0 Å². The minimum atomic E-state index is 0.440. The second-order valence-corrected chi connectivity index (χ2v) is 3.28. The third-order valence-electron chi connectivity index (χ3n) is 2.03. The van der Waals surface area contributed by atoms with Crippen molar-refractivity contribution >= 4 is 17.4 Å². The molecule has 0 atom stereocenters. The van der Waals surface area contributed by atoms with Gasteiger partial charge in [0.1, 0.15) is 5.02 Å². The lowest BCUT2D eigenvalue weighted by molar-refractivity contribution is 0.589. The van der Waals surface area contributed by atoms with Gasteiger partial charge in [0.15, 0.2) is 5.82 Å². The summed E-state index contributed by atoms with van der Waals surface area (Å²) in [6.45, 7) is 2.68. The van der Waals surface area contributed by atoms with E-state index in [4.69, 9.17) is 17.3 Å². The molecule has 0 amide bonds. The Morgan fingerprint density at radius 2 is 2.42 bits per heavy atom. The number of hydrogen-bond acceptors (Lipinski definition) is 3. The molecular formula is C7H11ClN4. The number of hydrogen-bond donors (Lipinski definition) is 2. The molecular weight excluding hydrogens is 176 g/mol. The van der Waals surface area contributed by atoms with Crippen molar-refractivity contribution in [3.63, 3.8) is 0 Å². The first-order valence-corrected chi connectivity index (χ1v) is 4.38. The molecule has 0 radical (unpaired) electrons. The van der Waals surface area contributed by atoms with Gasteiger partial charge < -0.3 is 11.1 Å². The van der Waals surface area contributed by atoms with Crippen molar-refractivity contribution in [2.45, 2.75) is 19.5 Å². The fraction of sp³-hybridized carbons (Fsp3) is 0.571. The van der Waals surface area contributed by atoms with Crippen molar-refractivity contribution in [1.82, 2.24) is 15.1 Å². The Morgan fingerprint density at radius 1 is 1.58 bits per heavy atom. The van der Waals surface area contributed by atoms with Gasteiger partial charge in [-0.25, -0.2) is 0 Å². The van der Waals surface area contributed by atoms with E-state index in [0.717, 1.165) is 31.7 Å². The molecule has 0 spiro atoms. The molecule has 1 aliphatic rings. The minimum Gasteiger partial charge on any atom is -0.381 e. The second kappa shape index (κ2) is 2.95. The summed E-state index contributed by atoms with van der Waals surface area (Å²) < 4.78 is 1.89. The highest BCUT2D eigenvalue weighted by atomic mass is 35.5. The zero-order valence-electron chi connectivity index (χ0n) is 6.68. The van der Waals surface area contributed by atoms with Crippen molar-refractivity contribution in [3.8, 4) is 0 Å². The molecule has 66 valence electrons. The maximum Gasteiger partial charge on any atom is 0.164 e. The van der Waals surface area contributed by atoms with Gasteiger partial charge in [-0.2, -0.15) is 5.10 Å². The number of nitrogens with one attached hydrogen (secondary N) is 1. The summed E-state index contributed by atoms with van der Waals surface area (Å²) in [5, 5.41) is 7.99. The number of aromatic nitrogens is 2. The monoisotopic (exact) mass is 186 g/mol. The first kappa shape index (κ1) is 7.89. The maximum absolute atomic E-state index is 5.95. The lowest BCUT2D eigenvalue weighted by atomic mass is 10.4. The van der Waals surface area contributed by atoms with Crippen LogP contribution in [0.1, 0.15) is 12.1 Å². The fourth-order valence-corrected chi connectivity index (χ4v) is 1.61. The van der Waals surface area contributed by atoms with Gasteiger partial charge in [-0.1, -0.05) is 11.6 Å². The number of anilines is 1. The number of nitrogens with two attached hydrogens (primary N) is 1. The van der Waals surface area contributed by atoms with Crippen LogP contribution in [-0.2, 0) is 13.1 Å². The Morgan fingerprint density at radius 3 is 3.25 bits per heavy atom. The molecule has 2 rings (SSSR count). The third-order valence-corrected chi connectivity index (χ3v) is 2.45. The molecule has 0 saturated heterocycles. The van der Waals surface area contributed by atoms with E-state index in [1.54, 1.807) is 0 Å². The van der Waals surface area contributed by atoms with Gasteiger partial charge in [0, 0.05) is 13.1 Å². The van der Waals surface area contributed by atoms with E-state index in [-0.39, 0.29) is 0 Å². The molecule has 5 heteroatoms. The first-order chi connectivity index (χ1) is 5.79. The highest BCUT2D eigenvalue weighted by Gasteiger charge is 2.15. The van der Waals surface area contributed by atoms with Gasteiger partial charge in [0.05, 0.1) is 5.69 Å². The van der Waals surface area contributed by atoms with E-state index in [9.17, 15) is 0 Å². The topological polar surface area (TPSA) is 55.9 Å². The molecule has 2 heterocycles. The van der Waals surface area contributed by atoms with Crippen LogP contribution in [-0.4, -0.2) is 16.3 Å². The van der Waals surface area contributed by atoms with Gasteiger partial charge in [0.25, 0.3) is 0 Å². The average molecular weight is 187 g/mol. The van der Waals surface area contributed by atoms with Gasteiger partial charge in [-0.15, -0.1) is 0 Å². The SMILES string of the molecule is Nc1nn2c(c1Cl)CNCCC2. The molecule has 4 nitrogen and oxygen atoms in total. The van der Waals surface area contributed by atoms with Crippen LogP contribution in [0.3, 0.4) is 0 Å². The maximum atomic E-state index is 5.95. The van der Waals surface area contributed by atoms with Gasteiger partial charge >= 0.3 is 0 Å². The third kappa shape index (κ3) is 1.17. The summed E-state index contributed by atoms with van der Waals surface area (Å²) in [7, 11) is 0. The second-order valence-electron chi connectivity index (χ2n) is 2.90. The van der Waals surface area contributed by atoms with Crippen molar-refractivity contribution in [1.29, 1.82) is 0 Å². The van der Waals surface area contributed by atoms with Gasteiger partial charge in [-0.3, -0.25) is 4.68 Å². The Bertz CT molecular complexity index is 294. The van der Waals surface area contributed by atoms with Gasteiger partial charge in [-0.05, 0) is 13.0 Å². The number of aryl methyl sites for hydroxylation is 1. The number of nitrogen functional groups attached to an aromatic ring is 1. The molecule has 0 aliphatic carbocycles. The van der Waals surface area contributed by atoms with E-state index in [1.807, 2.05) is 4.68 Å². The van der Waals surface area contributed by atoms with E-state index in [1.165, 1.54) is 0 Å². The van der Waals surface area contributed by atoms with E-state index in [2.05, 4.69) is 10.4 Å². The van der Waals surface area contributed by atoms with Crippen LogP contribution in [0.2, 0.25) is 5.02 Å². The van der Waals surface area contributed by atoms with E-state index in [0.29, 0.717) is 10.8 Å². The summed E-state index contributed by atoms with van der Waals surface area (Å²) in [5.74, 6) is 0.440. The number of rotatable bonds is 0. The Kier molecular flexibility index (Phi) is 1.94. The molecule has 1 aromatic heterocycles. The predicted octanol–water partition coefficient (Wildman–Crippen LogP) is 0.612. The Balaban J connectivity index is 2.42. The summed E-state index contributed by atoms with van der Waals surface area (Å²) in [5.41, 5.74) is 6.59. The average Bonchev–Trinajstić information content (AvgIpc) is 2.30. The quantitative estimate of drug-likeness (QED) is 0.625. The van der Waals surface area contributed by atoms with Crippen molar-refractivity contribution < 1.29 is 0 Å². The van der Waals surface area contributed by atoms with Crippen LogP contribution >= 0.6 is 11.6 Å². The standard InChI is InChI=1S/C7H11ClN4/c8-6-5-4-10-2-1-3-12(5)11-7(6)9/h10H,1-4H2,(H2,9,11). The molecule has 3 N–H and O–H groups in total. The Hall–Kier alpha value is -0.740. The lowest BCUT2D eigenvalue weighted by Crippen LogP contribution is -2.12. The first-order valence-electron chi connectivity index (χ1n) is 4.00. The molecule has 1 aliphatic heterocycles. The Labute approximate surface area is 75.7 Å². The van der Waals surface area contributed by atoms with Crippen LogP contribution in [0.15, 0.2) is 0 Å². The highest BCUT2D eigenvalue weighted by molar-refractivity contribution is 6.33. The molecule has 1 aromatic rings. The summed E-state index contributed by atoms with van der Waals surface area (Å²) in [4.78, 5) is 0. The largest absolute Gasteiger partial charge is 0.381 e.